The van der Waals surface area contributed by atoms with Crippen LogP contribution in [0.25, 0.3) is 11.5 Å². The zero-order valence-electron chi connectivity index (χ0n) is 15.0. The molecule has 2 aromatic rings. The molecule has 0 unspecified atom stereocenters. The molecule has 9 heteroatoms. The second-order valence-electron chi connectivity index (χ2n) is 6.74. The zero-order valence-corrected chi connectivity index (χ0v) is 15.8. The lowest BCUT2D eigenvalue weighted by atomic mass is 10.0. The molecule has 0 saturated heterocycles. The molecule has 0 bridgehead atoms. The van der Waals surface area contributed by atoms with Crippen LogP contribution in [0.3, 0.4) is 0 Å². The van der Waals surface area contributed by atoms with Crippen LogP contribution in [0.1, 0.15) is 41.4 Å². The summed E-state index contributed by atoms with van der Waals surface area (Å²) in [5, 5.41) is 16.8. The lowest BCUT2D eigenvalue weighted by molar-refractivity contribution is -0.133. The van der Waals surface area contributed by atoms with Crippen LogP contribution in [0.5, 0.6) is 0 Å². The average molecular weight is 389 g/mol. The summed E-state index contributed by atoms with van der Waals surface area (Å²) in [6.45, 7) is 4.16. The van der Waals surface area contributed by atoms with Crippen molar-refractivity contribution < 1.29 is 24.0 Å². The number of anilines is 1. The Labute approximate surface area is 159 Å². The summed E-state index contributed by atoms with van der Waals surface area (Å²) in [7, 11) is 0. The van der Waals surface area contributed by atoms with Gasteiger partial charge in [-0.25, -0.2) is 4.79 Å². The van der Waals surface area contributed by atoms with E-state index in [4.69, 9.17) is 9.26 Å². The SMILES string of the molecule is Cc1sc(NC(=O)C2=C(C(=O)O)CCOC2)c(-c2nc(C3CC3)no2)c1C. The zero-order chi connectivity index (χ0) is 19.1. The van der Waals surface area contributed by atoms with Crippen LogP contribution >= 0.6 is 11.3 Å². The van der Waals surface area contributed by atoms with Crippen LogP contribution in [-0.4, -0.2) is 40.3 Å². The molecule has 1 aliphatic carbocycles. The smallest absolute Gasteiger partial charge is 0.332 e. The van der Waals surface area contributed by atoms with Gasteiger partial charge in [-0.2, -0.15) is 4.98 Å². The number of aromatic nitrogens is 2. The summed E-state index contributed by atoms with van der Waals surface area (Å²) >= 11 is 1.40. The largest absolute Gasteiger partial charge is 0.478 e. The molecule has 0 aromatic carbocycles. The highest BCUT2D eigenvalue weighted by molar-refractivity contribution is 7.17. The molecule has 4 rings (SSSR count). The molecule has 8 nitrogen and oxygen atoms in total. The van der Waals surface area contributed by atoms with Crippen LogP contribution in [0, 0.1) is 13.8 Å². The number of thiophene rings is 1. The Morgan fingerprint density at radius 2 is 2.04 bits per heavy atom. The monoisotopic (exact) mass is 389 g/mol. The number of carboxylic acid groups (broad SMARTS) is 1. The Kier molecular flexibility index (Phi) is 4.56. The van der Waals surface area contributed by atoms with Gasteiger partial charge in [0.25, 0.3) is 11.8 Å². The quantitative estimate of drug-likeness (QED) is 0.808. The van der Waals surface area contributed by atoms with Crippen molar-refractivity contribution in [2.75, 3.05) is 18.5 Å². The molecule has 1 aliphatic heterocycles. The van der Waals surface area contributed by atoms with Crippen molar-refractivity contribution in [1.29, 1.82) is 0 Å². The standard InChI is InChI=1S/C18H19N3O5S/c1-8-9(2)27-17(13(8)16-19-14(21-26-16)10-3-4-10)20-15(22)12-7-25-6-5-11(12)18(23)24/h10H,3-7H2,1-2H3,(H,20,22)(H,23,24). The van der Waals surface area contributed by atoms with Crippen molar-refractivity contribution in [3.8, 4) is 11.5 Å². The molecule has 1 fully saturated rings. The van der Waals surface area contributed by atoms with Gasteiger partial charge in [0.15, 0.2) is 5.82 Å². The normalized spacial score (nSPS) is 17.3. The number of aliphatic carboxylic acids is 1. The molecule has 142 valence electrons. The van der Waals surface area contributed by atoms with E-state index in [1.54, 1.807) is 0 Å². The van der Waals surface area contributed by atoms with Crippen LogP contribution < -0.4 is 5.32 Å². The molecule has 2 aliphatic rings. The summed E-state index contributed by atoms with van der Waals surface area (Å²) in [6, 6.07) is 0. The van der Waals surface area contributed by atoms with Crippen molar-refractivity contribution in [3.05, 3.63) is 27.4 Å². The van der Waals surface area contributed by atoms with E-state index in [2.05, 4.69) is 15.5 Å². The maximum Gasteiger partial charge on any atom is 0.332 e. The van der Waals surface area contributed by atoms with Crippen LogP contribution in [0.2, 0.25) is 0 Å². The summed E-state index contributed by atoms with van der Waals surface area (Å²) < 4.78 is 10.7. The summed E-state index contributed by atoms with van der Waals surface area (Å²) in [5.74, 6) is -0.128. The lowest BCUT2D eigenvalue weighted by Crippen LogP contribution is -2.26. The second kappa shape index (κ2) is 6.90. The average Bonchev–Trinajstić information content (AvgIpc) is 3.32. The van der Waals surface area contributed by atoms with Crippen LogP contribution in [-0.2, 0) is 14.3 Å². The molecule has 27 heavy (non-hydrogen) atoms. The highest BCUT2D eigenvalue weighted by atomic mass is 32.1. The Morgan fingerprint density at radius 1 is 1.26 bits per heavy atom. The number of carboxylic acids is 1. The molecule has 0 radical (unpaired) electrons. The minimum absolute atomic E-state index is 0.0154. The molecule has 1 amide bonds. The molecule has 1 saturated carbocycles. The van der Waals surface area contributed by atoms with E-state index in [1.165, 1.54) is 11.3 Å². The molecule has 0 spiro atoms. The third kappa shape index (κ3) is 3.40. The number of carbonyl (C=O) groups is 2. The molecule has 3 heterocycles. The number of nitrogens with one attached hydrogen (secondary N) is 1. The fraction of sp³-hybridized carbons (Fsp3) is 0.444. The van der Waals surface area contributed by atoms with Gasteiger partial charge in [0, 0.05) is 17.2 Å². The number of rotatable bonds is 5. The minimum atomic E-state index is -1.09. The third-order valence-corrected chi connectivity index (χ3v) is 5.97. The molecule has 0 atom stereocenters. The second-order valence-corrected chi connectivity index (χ2v) is 7.96. The van der Waals surface area contributed by atoms with Crippen molar-refractivity contribution in [2.24, 2.45) is 0 Å². The highest BCUT2D eigenvalue weighted by Gasteiger charge is 2.31. The fourth-order valence-corrected chi connectivity index (χ4v) is 4.07. The van der Waals surface area contributed by atoms with Gasteiger partial charge in [0.1, 0.15) is 5.00 Å². The Balaban J connectivity index is 1.66. The fourth-order valence-electron chi connectivity index (χ4n) is 3.02. The van der Waals surface area contributed by atoms with Crippen molar-refractivity contribution in [2.45, 2.75) is 39.0 Å². The van der Waals surface area contributed by atoms with E-state index >= 15 is 0 Å². The van der Waals surface area contributed by atoms with E-state index in [9.17, 15) is 14.7 Å². The number of carbonyl (C=O) groups excluding carboxylic acids is 1. The molecular formula is C18H19N3O5S. The summed E-state index contributed by atoms with van der Waals surface area (Å²) in [4.78, 5) is 29.7. The van der Waals surface area contributed by atoms with Crippen molar-refractivity contribution >= 4 is 28.2 Å². The first-order chi connectivity index (χ1) is 13.0. The first kappa shape index (κ1) is 17.9. The Bertz CT molecular complexity index is 954. The Morgan fingerprint density at radius 3 is 2.74 bits per heavy atom. The predicted octanol–water partition coefficient (Wildman–Crippen LogP) is 3.03. The first-order valence-corrected chi connectivity index (χ1v) is 9.55. The van der Waals surface area contributed by atoms with Gasteiger partial charge in [-0.1, -0.05) is 5.16 Å². The summed E-state index contributed by atoms with van der Waals surface area (Å²) in [5.41, 5.74) is 1.89. The van der Waals surface area contributed by atoms with Crippen LogP contribution in [0.15, 0.2) is 15.7 Å². The summed E-state index contributed by atoms with van der Waals surface area (Å²) in [6.07, 6.45) is 2.34. The van der Waals surface area contributed by atoms with E-state index in [-0.39, 0.29) is 24.2 Å². The highest BCUT2D eigenvalue weighted by Crippen LogP contribution is 2.43. The van der Waals surface area contributed by atoms with Crippen LogP contribution in [0.4, 0.5) is 5.00 Å². The maximum absolute atomic E-state index is 12.7. The van der Waals surface area contributed by atoms with Gasteiger partial charge in [-0.05, 0) is 32.3 Å². The van der Waals surface area contributed by atoms with E-state index in [0.717, 1.165) is 23.3 Å². The van der Waals surface area contributed by atoms with Gasteiger partial charge >= 0.3 is 5.97 Å². The number of hydrogen-bond acceptors (Lipinski definition) is 7. The van der Waals surface area contributed by atoms with Gasteiger partial charge < -0.3 is 19.7 Å². The Hall–Kier alpha value is -2.52. The van der Waals surface area contributed by atoms with Gasteiger partial charge in [-0.3, -0.25) is 4.79 Å². The van der Waals surface area contributed by atoms with Gasteiger partial charge in [0.05, 0.1) is 29.9 Å². The minimum Gasteiger partial charge on any atom is -0.478 e. The molecule has 2 aromatic heterocycles. The molecular weight excluding hydrogens is 370 g/mol. The number of aryl methyl sites for hydroxylation is 1. The predicted molar refractivity (Wildman–Crippen MR) is 97.8 cm³/mol. The number of hydrogen-bond donors (Lipinski definition) is 2. The lowest BCUT2D eigenvalue weighted by Gasteiger charge is -2.17. The number of nitrogens with zero attached hydrogens (tertiary/aromatic N) is 2. The van der Waals surface area contributed by atoms with Crippen molar-refractivity contribution in [1.82, 2.24) is 10.1 Å². The van der Waals surface area contributed by atoms with Gasteiger partial charge in [0.2, 0.25) is 0 Å². The topological polar surface area (TPSA) is 115 Å². The first-order valence-electron chi connectivity index (χ1n) is 8.74. The van der Waals surface area contributed by atoms with E-state index in [0.29, 0.717) is 34.8 Å². The number of ether oxygens (including phenoxy) is 1. The van der Waals surface area contributed by atoms with Crippen molar-refractivity contribution in [3.63, 3.8) is 0 Å². The van der Waals surface area contributed by atoms with E-state index in [1.807, 2.05) is 13.8 Å². The molecule has 2 N–H and O–H groups in total. The maximum atomic E-state index is 12.7. The third-order valence-electron chi connectivity index (χ3n) is 4.85. The van der Waals surface area contributed by atoms with E-state index < -0.39 is 11.9 Å². The number of amides is 1. The van der Waals surface area contributed by atoms with Gasteiger partial charge in [-0.15, -0.1) is 11.3 Å².